The Kier molecular flexibility index (Phi) is 4.58. The first-order valence-corrected chi connectivity index (χ1v) is 5.18. The molecule has 1 heterocycles. The van der Waals surface area contributed by atoms with Gasteiger partial charge in [-0.15, -0.1) is 11.3 Å². The average Bonchev–Trinajstić information content (AvgIpc) is 2.66. The number of rotatable bonds is 5. The number of aliphatic hydroxyl groups excluding tert-OH is 2. The van der Waals surface area contributed by atoms with E-state index in [0.29, 0.717) is 6.42 Å². The van der Waals surface area contributed by atoms with Crippen LogP contribution < -0.4 is 5.32 Å². The quantitative estimate of drug-likeness (QED) is 0.635. The fourth-order valence-corrected chi connectivity index (χ4v) is 1.63. The van der Waals surface area contributed by atoms with Gasteiger partial charge in [0.05, 0.1) is 19.1 Å². The molecule has 1 unspecified atom stereocenters. The van der Waals surface area contributed by atoms with Crippen LogP contribution in [0.15, 0.2) is 17.5 Å². The minimum absolute atomic E-state index is 0.0979. The van der Waals surface area contributed by atoms with Crippen LogP contribution >= 0.6 is 11.3 Å². The maximum Gasteiger partial charge on any atom is 0.225 e. The van der Waals surface area contributed by atoms with E-state index in [2.05, 4.69) is 5.32 Å². The number of hydrogen-bond acceptors (Lipinski definition) is 4. The highest BCUT2D eigenvalue weighted by molar-refractivity contribution is 7.10. The zero-order valence-corrected chi connectivity index (χ0v) is 8.46. The van der Waals surface area contributed by atoms with E-state index in [-0.39, 0.29) is 19.1 Å². The monoisotopic (exact) mass is 215 g/mol. The largest absolute Gasteiger partial charge is 0.394 e. The Bertz CT molecular complexity index is 274. The number of carbonyl (C=O) groups excluding carboxylic acids is 1. The second-order valence-corrected chi connectivity index (χ2v) is 3.93. The molecule has 0 bridgehead atoms. The first-order valence-electron chi connectivity index (χ1n) is 4.30. The van der Waals surface area contributed by atoms with Gasteiger partial charge in [-0.3, -0.25) is 4.79 Å². The van der Waals surface area contributed by atoms with Gasteiger partial charge in [-0.05, 0) is 11.4 Å². The minimum atomic E-state index is -0.873. The van der Waals surface area contributed by atoms with Crippen molar-refractivity contribution in [2.45, 2.75) is 12.5 Å². The summed E-state index contributed by atoms with van der Waals surface area (Å²) in [6.07, 6.45) is -0.544. The highest BCUT2D eigenvalue weighted by Crippen LogP contribution is 2.08. The first kappa shape index (κ1) is 11.2. The Morgan fingerprint density at radius 3 is 3.00 bits per heavy atom. The maximum atomic E-state index is 11.2. The molecule has 1 amide bonds. The summed E-state index contributed by atoms with van der Waals surface area (Å²) in [5.74, 6) is -0.139. The van der Waals surface area contributed by atoms with Crippen molar-refractivity contribution < 1.29 is 15.0 Å². The third-order valence-electron chi connectivity index (χ3n) is 1.66. The van der Waals surface area contributed by atoms with Crippen LogP contribution in [0.1, 0.15) is 4.88 Å². The van der Waals surface area contributed by atoms with Crippen LogP contribution in [0.2, 0.25) is 0 Å². The van der Waals surface area contributed by atoms with Crippen molar-refractivity contribution >= 4 is 17.2 Å². The van der Waals surface area contributed by atoms with Crippen molar-refractivity contribution in [1.82, 2.24) is 5.32 Å². The van der Waals surface area contributed by atoms with Gasteiger partial charge in [-0.1, -0.05) is 6.07 Å². The molecule has 0 aromatic carbocycles. The lowest BCUT2D eigenvalue weighted by Crippen LogP contribution is -2.34. The molecule has 0 saturated heterocycles. The molecule has 0 fully saturated rings. The van der Waals surface area contributed by atoms with Gasteiger partial charge < -0.3 is 15.5 Å². The van der Waals surface area contributed by atoms with Gasteiger partial charge >= 0.3 is 0 Å². The molecule has 14 heavy (non-hydrogen) atoms. The second-order valence-electron chi connectivity index (χ2n) is 2.90. The lowest BCUT2D eigenvalue weighted by molar-refractivity contribution is -0.120. The van der Waals surface area contributed by atoms with E-state index >= 15 is 0 Å². The van der Waals surface area contributed by atoms with E-state index in [9.17, 15) is 4.79 Å². The van der Waals surface area contributed by atoms with E-state index in [1.165, 1.54) is 11.3 Å². The summed E-state index contributed by atoms with van der Waals surface area (Å²) >= 11 is 1.52. The van der Waals surface area contributed by atoms with Gasteiger partial charge in [0.2, 0.25) is 5.91 Å². The Morgan fingerprint density at radius 1 is 1.64 bits per heavy atom. The zero-order chi connectivity index (χ0) is 10.4. The molecule has 78 valence electrons. The molecule has 1 atom stereocenters. The molecule has 1 rings (SSSR count). The van der Waals surface area contributed by atoms with Gasteiger partial charge in [0, 0.05) is 11.4 Å². The van der Waals surface area contributed by atoms with Crippen LogP contribution in [0.25, 0.3) is 0 Å². The number of carbonyl (C=O) groups is 1. The van der Waals surface area contributed by atoms with Crippen LogP contribution in [-0.2, 0) is 11.2 Å². The topological polar surface area (TPSA) is 69.6 Å². The molecule has 0 aliphatic carbocycles. The molecule has 0 aliphatic heterocycles. The van der Waals surface area contributed by atoms with Crippen molar-refractivity contribution in [2.75, 3.05) is 13.2 Å². The smallest absolute Gasteiger partial charge is 0.225 e. The molecule has 0 spiro atoms. The van der Waals surface area contributed by atoms with E-state index in [0.717, 1.165) is 4.88 Å². The van der Waals surface area contributed by atoms with Crippen molar-refractivity contribution in [3.63, 3.8) is 0 Å². The lowest BCUT2D eigenvalue weighted by Gasteiger charge is -2.07. The van der Waals surface area contributed by atoms with Crippen molar-refractivity contribution in [3.05, 3.63) is 22.4 Å². The van der Waals surface area contributed by atoms with Gasteiger partial charge in [0.15, 0.2) is 0 Å². The van der Waals surface area contributed by atoms with Crippen LogP contribution in [0, 0.1) is 0 Å². The van der Waals surface area contributed by atoms with Gasteiger partial charge in [0.25, 0.3) is 0 Å². The highest BCUT2D eigenvalue weighted by Gasteiger charge is 2.06. The number of hydrogen-bond donors (Lipinski definition) is 3. The molecule has 0 saturated carbocycles. The SMILES string of the molecule is O=C(Cc1cccs1)NCC(O)CO. The standard InChI is InChI=1S/C9H13NO3S/c11-6-7(12)5-10-9(13)4-8-2-1-3-14-8/h1-3,7,11-12H,4-6H2,(H,10,13). The number of amides is 1. The molecule has 1 aromatic rings. The zero-order valence-electron chi connectivity index (χ0n) is 7.64. The van der Waals surface area contributed by atoms with Crippen molar-refractivity contribution in [3.8, 4) is 0 Å². The summed E-state index contributed by atoms with van der Waals surface area (Å²) in [6, 6.07) is 3.77. The summed E-state index contributed by atoms with van der Waals surface area (Å²) in [5.41, 5.74) is 0. The number of nitrogens with one attached hydrogen (secondary N) is 1. The second kappa shape index (κ2) is 5.74. The predicted molar refractivity (Wildman–Crippen MR) is 54.1 cm³/mol. The van der Waals surface area contributed by atoms with Gasteiger partial charge in [0.1, 0.15) is 0 Å². The molecule has 0 radical (unpaired) electrons. The molecule has 5 heteroatoms. The summed E-state index contributed by atoms with van der Waals surface area (Å²) in [4.78, 5) is 12.2. The van der Waals surface area contributed by atoms with E-state index in [1.807, 2.05) is 17.5 Å². The molecule has 4 nitrogen and oxygen atoms in total. The van der Waals surface area contributed by atoms with Gasteiger partial charge in [-0.2, -0.15) is 0 Å². The highest BCUT2D eigenvalue weighted by atomic mass is 32.1. The van der Waals surface area contributed by atoms with Crippen LogP contribution in [-0.4, -0.2) is 35.4 Å². The van der Waals surface area contributed by atoms with E-state index in [1.54, 1.807) is 0 Å². The summed E-state index contributed by atoms with van der Waals surface area (Å²) in [7, 11) is 0. The van der Waals surface area contributed by atoms with Crippen LogP contribution in [0.4, 0.5) is 0 Å². The predicted octanol–water partition coefficient (Wildman–Crippen LogP) is -0.240. The molecule has 0 aliphatic rings. The Labute approximate surface area is 86.2 Å². The molecule has 3 N–H and O–H groups in total. The minimum Gasteiger partial charge on any atom is -0.394 e. The summed E-state index contributed by atoms with van der Waals surface area (Å²) < 4.78 is 0. The molecular weight excluding hydrogens is 202 g/mol. The molecule has 1 aromatic heterocycles. The maximum absolute atomic E-state index is 11.2. The van der Waals surface area contributed by atoms with Gasteiger partial charge in [-0.25, -0.2) is 0 Å². The van der Waals surface area contributed by atoms with Crippen LogP contribution in [0.5, 0.6) is 0 Å². The number of thiophene rings is 1. The van der Waals surface area contributed by atoms with Crippen molar-refractivity contribution in [1.29, 1.82) is 0 Å². The Balaban J connectivity index is 2.23. The summed E-state index contributed by atoms with van der Waals surface area (Å²) in [5, 5.41) is 21.9. The Morgan fingerprint density at radius 2 is 2.43 bits per heavy atom. The molecular formula is C9H13NO3S. The first-order chi connectivity index (χ1) is 6.72. The lowest BCUT2D eigenvalue weighted by atomic mass is 10.3. The van der Waals surface area contributed by atoms with Crippen molar-refractivity contribution in [2.24, 2.45) is 0 Å². The number of aliphatic hydroxyl groups is 2. The average molecular weight is 215 g/mol. The normalized spacial score (nSPS) is 12.4. The summed E-state index contributed by atoms with van der Waals surface area (Å²) in [6.45, 7) is -0.236. The van der Waals surface area contributed by atoms with E-state index in [4.69, 9.17) is 10.2 Å². The fourth-order valence-electron chi connectivity index (χ4n) is 0.930. The third-order valence-corrected chi connectivity index (χ3v) is 2.54. The Hall–Kier alpha value is -0.910. The third kappa shape index (κ3) is 3.87. The van der Waals surface area contributed by atoms with E-state index < -0.39 is 6.10 Å². The fraction of sp³-hybridized carbons (Fsp3) is 0.444. The van der Waals surface area contributed by atoms with Crippen LogP contribution in [0.3, 0.4) is 0 Å².